The molecule has 4 nitrogen and oxygen atoms in total. The van der Waals surface area contributed by atoms with Crippen molar-refractivity contribution in [2.24, 2.45) is 0 Å². The van der Waals surface area contributed by atoms with E-state index in [1.165, 1.54) is 0 Å². The lowest BCUT2D eigenvalue weighted by atomic mass is 10.0. The summed E-state index contributed by atoms with van der Waals surface area (Å²) in [6.45, 7) is 1.81. The first-order chi connectivity index (χ1) is 8.15. The Morgan fingerprint density at radius 2 is 2.06 bits per heavy atom. The molecule has 1 aromatic rings. The molecule has 2 amide bonds. The Balaban J connectivity index is 2.24. The summed E-state index contributed by atoms with van der Waals surface area (Å²) in [6.07, 6.45) is -0.956. The smallest absolute Gasteiger partial charge is 0.417 e. The van der Waals surface area contributed by atoms with Crippen LogP contribution in [0.5, 0.6) is 0 Å². The molecular weight excluding hydrogens is 286 g/mol. The second kappa shape index (κ2) is 4.87. The predicted molar refractivity (Wildman–Crippen MR) is 65.8 cm³/mol. The van der Waals surface area contributed by atoms with E-state index in [9.17, 15) is 9.59 Å². The molecule has 0 aromatic heterocycles. The van der Waals surface area contributed by atoms with Crippen LogP contribution in [0.2, 0.25) is 0 Å². The maximum atomic E-state index is 11.6. The van der Waals surface area contributed by atoms with Crippen molar-refractivity contribution in [3.05, 3.63) is 35.9 Å². The molecule has 1 aliphatic rings. The standard InChI is InChI=1S/C12H12BrNO3/c1-8-11(9-5-3-2-4-6-9)17-12(16)14(8)10(15)7-13/h2-6,8,11H,7H2,1H3/t8-,11?/m0/s1. The van der Waals surface area contributed by atoms with Crippen molar-refractivity contribution in [2.75, 3.05) is 5.33 Å². The van der Waals surface area contributed by atoms with E-state index < -0.39 is 6.09 Å². The number of nitrogens with zero attached hydrogens (tertiary/aromatic N) is 1. The van der Waals surface area contributed by atoms with Crippen molar-refractivity contribution < 1.29 is 14.3 Å². The third-order valence-corrected chi connectivity index (χ3v) is 3.26. The molecule has 2 rings (SSSR count). The molecule has 0 radical (unpaired) electrons. The van der Waals surface area contributed by atoms with Gasteiger partial charge in [-0.25, -0.2) is 9.69 Å². The second-order valence-corrected chi connectivity index (χ2v) is 4.41. The van der Waals surface area contributed by atoms with Crippen LogP contribution in [-0.4, -0.2) is 28.3 Å². The van der Waals surface area contributed by atoms with E-state index in [0.717, 1.165) is 10.5 Å². The van der Waals surface area contributed by atoms with Crippen LogP contribution in [0.4, 0.5) is 4.79 Å². The lowest BCUT2D eigenvalue weighted by Gasteiger charge is -2.18. The molecule has 0 bridgehead atoms. The van der Waals surface area contributed by atoms with Crippen molar-refractivity contribution in [3.8, 4) is 0 Å². The Morgan fingerprint density at radius 3 is 2.65 bits per heavy atom. The van der Waals surface area contributed by atoms with E-state index >= 15 is 0 Å². The number of carbonyl (C=O) groups excluding carboxylic acids is 2. The Morgan fingerprint density at radius 1 is 1.41 bits per heavy atom. The van der Waals surface area contributed by atoms with Crippen LogP contribution in [0.3, 0.4) is 0 Å². The molecule has 17 heavy (non-hydrogen) atoms. The number of alkyl halides is 1. The number of rotatable bonds is 2. The number of hydrogen-bond acceptors (Lipinski definition) is 3. The number of halogens is 1. The average Bonchev–Trinajstić information content (AvgIpc) is 2.65. The number of cyclic esters (lactones) is 1. The molecule has 1 aromatic carbocycles. The number of carbonyl (C=O) groups is 2. The van der Waals surface area contributed by atoms with Gasteiger partial charge in [-0.05, 0) is 12.5 Å². The van der Waals surface area contributed by atoms with E-state index in [0.29, 0.717) is 0 Å². The summed E-state index contributed by atoms with van der Waals surface area (Å²) < 4.78 is 5.24. The van der Waals surface area contributed by atoms with E-state index in [4.69, 9.17) is 4.74 Å². The van der Waals surface area contributed by atoms with Crippen LogP contribution in [0.15, 0.2) is 30.3 Å². The van der Waals surface area contributed by atoms with Crippen molar-refractivity contribution >= 4 is 27.9 Å². The Bertz CT molecular complexity index is 435. The molecule has 1 saturated heterocycles. The first-order valence-electron chi connectivity index (χ1n) is 5.28. The molecule has 1 unspecified atom stereocenters. The maximum absolute atomic E-state index is 11.6. The highest BCUT2D eigenvalue weighted by atomic mass is 79.9. The third-order valence-electron chi connectivity index (χ3n) is 2.78. The summed E-state index contributed by atoms with van der Waals surface area (Å²) in [4.78, 5) is 24.4. The van der Waals surface area contributed by atoms with Crippen LogP contribution >= 0.6 is 15.9 Å². The fourth-order valence-electron chi connectivity index (χ4n) is 1.95. The van der Waals surface area contributed by atoms with Gasteiger partial charge in [0.15, 0.2) is 0 Å². The van der Waals surface area contributed by atoms with Crippen LogP contribution in [0.1, 0.15) is 18.6 Å². The summed E-state index contributed by atoms with van der Waals surface area (Å²) in [7, 11) is 0. The minimum Gasteiger partial charge on any atom is -0.439 e. The van der Waals surface area contributed by atoms with Gasteiger partial charge in [-0.15, -0.1) is 0 Å². The molecular formula is C12H12BrNO3. The van der Waals surface area contributed by atoms with Gasteiger partial charge < -0.3 is 4.74 Å². The van der Waals surface area contributed by atoms with Crippen LogP contribution < -0.4 is 0 Å². The van der Waals surface area contributed by atoms with Crippen molar-refractivity contribution in [3.63, 3.8) is 0 Å². The van der Waals surface area contributed by atoms with Gasteiger partial charge in [-0.3, -0.25) is 4.79 Å². The van der Waals surface area contributed by atoms with Gasteiger partial charge in [0, 0.05) is 0 Å². The van der Waals surface area contributed by atoms with Crippen molar-refractivity contribution in [1.82, 2.24) is 4.90 Å². The maximum Gasteiger partial charge on any atom is 0.417 e. The van der Waals surface area contributed by atoms with E-state index in [-0.39, 0.29) is 23.4 Å². The van der Waals surface area contributed by atoms with Crippen LogP contribution in [-0.2, 0) is 9.53 Å². The zero-order valence-electron chi connectivity index (χ0n) is 9.30. The molecule has 0 aliphatic carbocycles. The largest absolute Gasteiger partial charge is 0.439 e. The number of ether oxygens (including phenoxy) is 1. The predicted octanol–water partition coefficient (Wildman–Crippen LogP) is 2.49. The highest BCUT2D eigenvalue weighted by molar-refractivity contribution is 9.09. The van der Waals surface area contributed by atoms with Crippen LogP contribution in [0.25, 0.3) is 0 Å². The van der Waals surface area contributed by atoms with Crippen LogP contribution in [0, 0.1) is 0 Å². The van der Waals surface area contributed by atoms with Gasteiger partial charge in [-0.2, -0.15) is 0 Å². The number of amides is 2. The monoisotopic (exact) mass is 297 g/mol. The Labute approximate surface area is 108 Å². The summed E-state index contributed by atoms with van der Waals surface area (Å²) >= 11 is 3.06. The topological polar surface area (TPSA) is 46.6 Å². The Hall–Kier alpha value is -1.36. The fraction of sp³-hybridized carbons (Fsp3) is 0.333. The van der Waals surface area contributed by atoms with Gasteiger partial charge in [-0.1, -0.05) is 46.3 Å². The van der Waals surface area contributed by atoms with E-state index in [1.54, 1.807) is 0 Å². The molecule has 2 atom stereocenters. The first kappa shape index (κ1) is 12.1. The van der Waals surface area contributed by atoms with E-state index in [2.05, 4.69) is 15.9 Å². The van der Waals surface area contributed by atoms with Gasteiger partial charge in [0.25, 0.3) is 0 Å². The SMILES string of the molecule is C[C@H]1C(c2ccccc2)OC(=O)N1C(=O)CBr. The fourth-order valence-corrected chi connectivity index (χ4v) is 2.22. The molecule has 90 valence electrons. The molecule has 0 N–H and O–H groups in total. The molecule has 1 aliphatic heterocycles. The third kappa shape index (κ3) is 2.20. The Kier molecular flexibility index (Phi) is 3.47. The number of benzene rings is 1. The minimum atomic E-state index is -0.573. The molecule has 1 fully saturated rings. The highest BCUT2D eigenvalue weighted by Crippen LogP contribution is 2.32. The summed E-state index contributed by atoms with van der Waals surface area (Å²) in [5.74, 6) is -0.277. The van der Waals surface area contributed by atoms with Gasteiger partial charge in [0.1, 0.15) is 6.10 Å². The zero-order valence-corrected chi connectivity index (χ0v) is 10.9. The highest BCUT2D eigenvalue weighted by Gasteiger charge is 2.42. The first-order valence-corrected chi connectivity index (χ1v) is 6.41. The van der Waals surface area contributed by atoms with E-state index in [1.807, 2.05) is 37.3 Å². The number of hydrogen-bond donors (Lipinski definition) is 0. The molecule has 0 saturated carbocycles. The van der Waals surface area contributed by atoms with Gasteiger partial charge in [0.05, 0.1) is 11.4 Å². The number of imide groups is 1. The lowest BCUT2D eigenvalue weighted by Crippen LogP contribution is -2.38. The molecule has 5 heteroatoms. The normalized spacial score (nSPS) is 23.6. The quantitative estimate of drug-likeness (QED) is 0.788. The van der Waals surface area contributed by atoms with Crippen molar-refractivity contribution in [2.45, 2.75) is 19.1 Å². The average molecular weight is 298 g/mol. The molecule has 1 heterocycles. The van der Waals surface area contributed by atoms with Gasteiger partial charge in [0.2, 0.25) is 5.91 Å². The second-order valence-electron chi connectivity index (χ2n) is 3.85. The molecule has 0 spiro atoms. The summed E-state index contributed by atoms with van der Waals surface area (Å²) in [5.41, 5.74) is 0.901. The zero-order chi connectivity index (χ0) is 12.4. The summed E-state index contributed by atoms with van der Waals surface area (Å²) in [6, 6.07) is 9.14. The minimum absolute atomic E-state index is 0.119. The summed E-state index contributed by atoms with van der Waals surface area (Å²) in [5, 5.41) is 0.119. The lowest BCUT2D eigenvalue weighted by molar-refractivity contribution is -0.126. The van der Waals surface area contributed by atoms with Gasteiger partial charge >= 0.3 is 6.09 Å². The van der Waals surface area contributed by atoms with Crippen molar-refractivity contribution in [1.29, 1.82) is 0 Å².